The number of carbonyl (C=O) groups excluding carboxylic acids is 1. The predicted octanol–water partition coefficient (Wildman–Crippen LogP) is 5.06. The molecule has 1 aliphatic heterocycles. The van der Waals surface area contributed by atoms with E-state index in [1.54, 1.807) is 0 Å². The molecule has 1 heterocycles. The van der Waals surface area contributed by atoms with Gasteiger partial charge in [-0.3, -0.25) is 4.79 Å². The average Bonchev–Trinajstić information content (AvgIpc) is 2.67. The summed E-state index contributed by atoms with van der Waals surface area (Å²) in [7, 11) is 0. The van der Waals surface area contributed by atoms with Gasteiger partial charge in [0.25, 0.3) is 5.91 Å². The van der Waals surface area contributed by atoms with E-state index in [4.69, 9.17) is 9.47 Å². The van der Waals surface area contributed by atoms with Gasteiger partial charge in [0, 0.05) is 12.0 Å². The van der Waals surface area contributed by atoms with E-state index < -0.39 is 6.10 Å². The number of nitrogens with one attached hydrogen (secondary N) is 1. The third kappa shape index (κ3) is 4.26. The summed E-state index contributed by atoms with van der Waals surface area (Å²) in [5.74, 6) is 1.62. The number of ether oxygens (including phenoxy) is 2. The SMILES string of the molecule is Cc1ccc2c(c1)OC(C)(C)C[C@H]2NC(=O)[C@@H](C)Oc1cccc2c1CCCC2. The van der Waals surface area contributed by atoms with Gasteiger partial charge in [-0.2, -0.15) is 0 Å². The molecule has 0 saturated heterocycles. The van der Waals surface area contributed by atoms with E-state index in [9.17, 15) is 4.79 Å². The number of aryl methyl sites for hydroxylation is 2. The highest BCUT2D eigenvalue weighted by molar-refractivity contribution is 5.81. The van der Waals surface area contributed by atoms with Crippen LogP contribution in [0.25, 0.3) is 0 Å². The van der Waals surface area contributed by atoms with E-state index in [1.807, 2.05) is 25.1 Å². The molecule has 0 fully saturated rings. The second-order valence-electron chi connectivity index (χ2n) is 9.03. The second-order valence-corrected chi connectivity index (χ2v) is 9.03. The monoisotopic (exact) mass is 393 g/mol. The Labute approximate surface area is 173 Å². The van der Waals surface area contributed by atoms with E-state index in [1.165, 1.54) is 24.0 Å². The molecule has 0 bridgehead atoms. The molecule has 0 saturated carbocycles. The molecule has 4 heteroatoms. The second kappa shape index (κ2) is 7.74. The number of rotatable bonds is 4. The van der Waals surface area contributed by atoms with Crippen molar-refractivity contribution < 1.29 is 14.3 Å². The van der Waals surface area contributed by atoms with Crippen molar-refractivity contribution in [3.8, 4) is 11.5 Å². The minimum atomic E-state index is -0.553. The first kappa shape index (κ1) is 19.8. The lowest BCUT2D eigenvalue weighted by Crippen LogP contribution is -2.44. The van der Waals surface area contributed by atoms with Crippen LogP contribution in [0.15, 0.2) is 36.4 Å². The summed E-state index contributed by atoms with van der Waals surface area (Å²) in [4.78, 5) is 13.0. The highest BCUT2D eigenvalue weighted by Gasteiger charge is 2.35. The van der Waals surface area contributed by atoms with E-state index in [-0.39, 0.29) is 17.6 Å². The minimum Gasteiger partial charge on any atom is -0.487 e. The summed E-state index contributed by atoms with van der Waals surface area (Å²) in [6.45, 7) is 8.01. The van der Waals surface area contributed by atoms with E-state index in [0.717, 1.165) is 41.9 Å². The maximum Gasteiger partial charge on any atom is 0.261 e. The molecule has 1 N–H and O–H groups in total. The minimum absolute atomic E-state index is 0.0856. The van der Waals surface area contributed by atoms with Gasteiger partial charge < -0.3 is 14.8 Å². The van der Waals surface area contributed by atoms with E-state index in [2.05, 4.69) is 44.3 Å². The summed E-state index contributed by atoms with van der Waals surface area (Å²) in [6.07, 6.45) is 4.71. The summed E-state index contributed by atoms with van der Waals surface area (Å²) in [5.41, 5.74) is 4.48. The Morgan fingerprint density at radius 3 is 2.83 bits per heavy atom. The summed E-state index contributed by atoms with van der Waals surface area (Å²) in [5, 5.41) is 3.21. The van der Waals surface area contributed by atoms with Crippen LogP contribution in [-0.4, -0.2) is 17.6 Å². The molecule has 4 nitrogen and oxygen atoms in total. The standard InChI is InChI=1S/C25H31NO3/c1-16-12-13-20-21(15-25(3,4)29-23(20)14-16)26-24(27)17(2)28-22-11-7-9-18-8-5-6-10-19(18)22/h7,9,11-14,17,21H,5-6,8,10,15H2,1-4H3,(H,26,27)/t17-,21-/m1/s1. The Morgan fingerprint density at radius 1 is 1.21 bits per heavy atom. The molecule has 1 amide bonds. The van der Waals surface area contributed by atoms with Crippen molar-refractivity contribution in [1.29, 1.82) is 0 Å². The van der Waals surface area contributed by atoms with Crippen LogP contribution in [0.3, 0.4) is 0 Å². The molecule has 29 heavy (non-hydrogen) atoms. The van der Waals surface area contributed by atoms with Crippen LogP contribution in [0.4, 0.5) is 0 Å². The number of fused-ring (bicyclic) bond motifs is 2. The smallest absolute Gasteiger partial charge is 0.261 e. The fourth-order valence-electron chi connectivity index (χ4n) is 4.48. The van der Waals surface area contributed by atoms with Crippen molar-refractivity contribution in [1.82, 2.24) is 5.32 Å². The Balaban J connectivity index is 1.50. The molecule has 2 aliphatic rings. The topological polar surface area (TPSA) is 47.6 Å². The van der Waals surface area contributed by atoms with Gasteiger partial charge in [-0.15, -0.1) is 0 Å². The van der Waals surface area contributed by atoms with Crippen LogP contribution in [0, 0.1) is 6.92 Å². The lowest BCUT2D eigenvalue weighted by molar-refractivity contribution is -0.128. The zero-order chi connectivity index (χ0) is 20.6. The summed E-state index contributed by atoms with van der Waals surface area (Å²) in [6, 6.07) is 12.3. The van der Waals surface area contributed by atoms with Gasteiger partial charge in [0.15, 0.2) is 6.10 Å². The third-order valence-electron chi connectivity index (χ3n) is 5.97. The molecule has 1 aliphatic carbocycles. The molecule has 154 valence electrons. The van der Waals surface area contributed by atoms with Crippen molar-refractivity contribution in [2.75, 3.05) is 0 Å². The summed E-state index contributed by atoms with van der Waals surface area (Å²) >= 11 is 0. The predicted molar refractivity (Wildman–Crippen MR) is 115 cm³/mol. The Hall–Kier alpha value is -2.49. The molecule has 0 aromatic heterocycles. The Morgan fingerprint density at radius 2 is 2.00 bits per heavy atom. The first-order chi connectivity index (χ1) is 13.8. The number of amides is 1. The van der Waals surface area contributed by atoms with Crippen molar-refractivity contribution in [3.63, 3.8) is 0 Å². The normalized spacial score (nSPS) is 20.6. The van der Waals surface area contributed by atoms with Crippen molar-refractivity contribution >= 4 is 5.91 Å². The van der Waals surface area contributed by atoms with Crippen LogP contribution in [0.2, 0.25) is 0 Å². The molecule has 4 rings (SSSR count). The highest BCUT2D eigenvalue weighted by Crippen LogP contribution is 2.40. The molecule has 2 atom stereocenters. The van der Waals surface area contributed by atoms with Crippen LogP contribution in [0.1, 0.15) is 68.3 Å². The molecular weight excluding hydrogens is 362 g/mol. The van der Waals surface area contributed by atoms with Gasteiger partial charge in [-0.1, -0.05) is 24.3 Å². The highest BCUT2D eigenvalue weighted by atomic mass is 16.5. The van der Waals surface area contributed by atoms with Crippen LogP contribution >= 0.6 is 0 Å². The van der Waals surface area contributed by atoms with E-state index >= 15 is 0 Å². The van der Waals surface area contributed by atoms with Crippen LogP contribution in [0.5, 0.6) is 11.5 Å². The molecule has 2 aromatic carbocycles. The lowest BCUT2D eigenvalue weighted by atomic mass is 9.89. The van der Waals surface area contributed by atoms with E-state index in [0.29, 0.717) is 0 Å². The lowest BCUT2D eigenvalue weighted by Gasteiger charge is -2.38. The largest absolute Gasteiger partial charge is 0.487 e. The van der Waals surface area contributed by atoms with Gasteiger partial charge in [-0.25, -0.2) is 0 Å². The van der Waals surface area contributed by atoms with Gasteiger partial charge >= 0.3 is 0 Å². The number of carbonyl (C=O) groups is 1. The fourth-order valence-corrected chi connectivity index (χ4v) is 4.48. The molecule has 0 radical (unpaired) electrons. The van der Waals surface area contributed by atoms with Crippen LogP contribution in [-0.2, 0) is 17.6 Å². The maximum atomic E-state index is 13.0. The van der Waals surface area contributed by atoms with Crippen LogP contribution < -0.4 is 14.8 Å². The molecule has 0 unspecified atom stereocenters. The number of benzene rings is 2. The third-order valence-corrected chi connectivity index (χ3v) is 5.97. The maximum absolute atomic E-state index is 13.0. The Bertz CT molecular complexity index is 918. The van der Waals surface area contributed by atoms with Crippen molar-refractivity contribution in [3.05, 3.63) is 58.7 Å². The number of hydrogen-bond acceptors (Lipinski definition) is 3. The molecule has 2 aromatic rings. The zero-order valence-electron chi connectivity index (χ0n) is 17.9. The number of hydrogen-bond donors (Lipinski definition) is 1. The molecular formula is C25H31NO3. The summed E-state index contributed by atoms with van der Waals surface area (Å²) < 4.78 is 12.3. The van der Waals surface area contributed by atoms with Gasteiger partial charge in [0.1, 0.15) is 17.1 Å². The van der Waals surface area contributed by atoms with Crippen molar-refractivity contribution in [2.45, 2.75) is 77.5 Å². The fraction of sp³-hybridized carbons (Fsp3) is 0.480. The average molecular weight is 394 g/mol. The Kier molecular flexibility index (Phi) is 5.28. The quantitative estimate of drug-likeness (QED) is 0.790. The first-order valence-electron chi connectivity index (χ1n) is 10.7. The van der Waals surface area contributed by atoms with Gasteiger partial charge in [0.05, 0.1) is 6.04 Å². The van der Waals surface area contributed by atoms with Crippen molar-refractivity contribution in [2.24, 2.45) is 0 Å². The van der Waals surface area contributed by atoms with Gasteiger partial charge in [0.2, 0.25) is 0 Å². The van der Waals surface area contributed by atoms with Gasteiger partial charge in [-0.05, 0) is 82.2 Å². The molecule has 0 spiro atoms. The zero-order valence-corrected chi connectivity index (χ0v) is 17.9. The first-order valence-corrected chi connectivity index (χ1v) is 10.7.